The summed E-state index contributed by atoms with van der Waals surface area (Å²) < 4.78 is 32.2. The lowest BCUT2D eigenvalue weighted by Gasteiger charge is -2.10. The lowest BCUT2D eigenvalue weighted by molar-refractivity contribution is 0.0979. The monoisotopic (exact) mass is 397 g/mol. The second-order valence-corrected chi connectivity index (χ2v) is 6.33. The van der Waals surface area contributed by atoms with Crippen LogP contribution in [-0.2, 0) is 13.0 Å². The molecule has 0 saturated heterocycles. The van der Waals surface area contributed by atoms with Crippen LogP contribution in [0.2, 0.25) is 0 Å². The molecule has 0 radical (unpaired) electrons. The normalized spacial score (nSPS) is 10.6. The maximum Gasteiger partial charge on any atom is 0.234 e. The van der Waals surface area contributed by atoms with Crippen LogP contribution in [-0.4, -0.2) is 17.1 Å². The van der Waals surface area contributed by atoms with E-state index in [1.54, 1.807) is 24.3 Å². The number of ether oxygens (including phenoxy) is 1. The van der Waals surface area contributed by atoms with Crippen LogP contribution >= 0.6 is 0 Å². The second-order valence-electron chi connectivity index (χ2n) is 6.33. The fourth-order valence-electron chi connectivity index (χ4n) is 2.80. The number of halogens is 2. The minimum Gasteiger partial charge on any atom is -0.483 e. The number of hydrogen-bond acceptors (Lipinski definition) is 4. The van der Waals surface area contributed by atoms with Gasteiger partial charge in [0.2, 0.25) is 5.43 Å². The van der Waals surface area contributed by atoms with E-state index in [1.165, 1.54) is 6.07 Å². The molecule has 3 aromatic rings. The Morgan fingerprint density at radius 3 is 2.55 bits per heavy atom. The topological polar surface area (TPSA) is 76.2 Å². The molecular formula is C22H17F2NO4. The van der Waals surface area contributed by atoms with Crippen molar-refractivity contribution in [1.29, 1.82) is 0 Å². The van der Waals surface area contributed by atoms with Crippen LogP contribution in [0.1, 0.15) is 38.4 Å². The predicted molar refractivity (Wildman–Crippen MR) is 102 cm³/mol. The molecule has 7 heteroatoms. The van der Waals surface area contributed by atoms with Gasteiger partial charge in [0.1, 0.15) is 23.9 Å². The Labute approximate surface area is 165 Å². The van der Waals surface area contributed by atoms with Gasteiger partial charge in [-0.05, 0) is 23.6 Å². The lowest BCUT2D eigenvalue weighted by atomic mass is 10.0. The number of hydrogen-bond donors (Lipinski definition) is 1. The van der Waals surface area contributed by atoms with Crippen LogP contribution in [0.15, 0.2) is 59.5 Å². The Hall–Kier alpha value is -3.61. The van der Waals surface area contributed by atoms with Crippen LogP contribution in [0.5, 0.6) is 5.75 Å². The third kappa shape index (κ3) is 4.82. The molecule has 0 unspecified atom stereocenters. The van der Waals surface area contributed by atoms with Crippen LogP contribution in [0, 0.1) is 11.6 Å². The van der Waals surface area contributed by atoms with Gasteiger partial charge in [0.25, 0.3) is 0 Å². The molecule has 1 N–H and O–H groups in total. The van der Waals surface area contributed by atoms with Gasteiger partial charge in [0.05, 0.1) is 5.56 Å². The Morgan fingerprint density at radius 2 is 1.86 bits per heavy atom. The van der Waals surface area contributed by atoms with Crippen molar-refractivity contribution in [2.75, 3.05) is 0 Å². The maximum absolute atomic E-state index is 13.7. The first-order chi connectivity index (χ1) is 14.0. The summed E-state index contributed by atoms with van der Waals surface area (Å²) in [5.74, 6) is -2.26. The van der Waals surface area contributed by atoms with Crippen molar-refractivity contribution in [3.8, 4) is 5.75 Å². The first-order valence-corrected chi connectivity index (χ1v) is 8.84. The average Bonchev–Trinajstić information content (AvgIpc) is 2.72. The number of aromatic nitrogens is 1. The number of carbonyl (C=O) groups excluding carboxylic acids is 2. The van der Waals surface area contributed by atoms with Crippen LogP contribution in [0.4, 0.5) is 8.78 Å². The highest BCUT2D eigenvalue weighted by atomic mass is 19.1. The second kappa shape index (κ2) is 9.05. The molecule has 2 aromatic carbocycles. The fourth-order valence-corrected chi connectivity index (χ4v) is 2.80. The third-order valence-corrected chi connectivity index (χ3v) is 4.35. The standard InChI is InChI=1S/C22H17F2NO4/c23-16-8-6-15(18(24)10-16)7-9-20(27)17-11-25-19(12-26)22(21(17)28)29-13-14-4-2-1-3-5-14/h1-6,8,10-12H,7,9,13H2,(H,25,28). The number of benzene rings is 2. The summed E-state index contributed by atoms with van der Waals surface area (Å²) in [4.78, 5) is 39.0. The molecule has 3 rings (SSSR count). The third-order valence-electron chi connectivity index (χ3n) is 4.35. The zero-order valence-electron chi connectivity index (χ0n) is 15.3. The summed E-state index contributed by atoms with van der Waals surface area (Å²) in [5.41, 5.74) is -0.0342. The molecular weight excluding hydrogens is 380 g/mol. The zero-order valence-corrected chi connectivity index (χ0v) is 15.3. The number of aldehydes is 1. The Balaban J connectivity index is 1.79. The van der Waals surface area contributed by atoms with E-state index in [9.17, 15) is 23.2 Å². The molecule has 1 aromatic heterocycles. The van der Waals surface area contributed by atoms with Crippen LogP contribution in [0.25, 0.3) is 0 Å². The van der Waals surface area contributed by atoms with Crippen molar-refractivity contribution in [2.24, 2.45) is 0 Å². The number of nitrogens with one attached hydrogen (secondary N) is 1. The van der Waals surface area contributed by atoms with Gasteiger partial charge < -0.3 is 9.72 Å². The van der Waals surface area contributed by atoms with Gasteiger partial charge in [-0.25, -0.2) is 8.78 Å². The minimum atomic E-state index is -0.755. The van der Waals surface area contributed by atoms with Gasteiger partial charge in [-0.1, -0.05) is 36.4 Å². The Morgan fingerprint density at radius 1 is 1.10 bits per heavy atom. The largest absolute Gasteiger partial charge is 0.483 e. The maximum atomic E-state index is 13.7. The van der Waals surface area contributed by atoms with E-state index >= 15 is 0 Å². The van der Waals surface area contributed by atoms with Gasteiger partial charge >= 0.3 is 0 Å². The molecule has 0 spiro atoms. The number of pyridine rings is 1. The van der Waals surface area contributed by atoms with E-state index < -0.39 is 22.8 Å². The number of carbonyl (C=O) groups is 2. The molecule has 5 nitrogen and oxygen atoms in total. The molecule has 0 amide bonds. The van der Waals surface area contributed by atoms with Gasteiger partial charge in [0, 0.05) is 18.7 Å². The van der Waals surface area contributed by atoms with E-state index in [1.807, 2.05) is 6.07 Å². The molecule has 0 saturated carbocycles. The molecule has 148 valence electrons. The molecule has 0 bridgehead atoms. The van der Waals surface area contributed by atoms with Crippen molar-refractivity contribution < 1.29 is 23.1 Å². The summed E-state index contributed by atoms with van der Waals surface area (Å²) in [5, 5.41) is 0. The molecule has 0 aliphatic rings. The van der Waals surface area contributed by atoms with Gasteiger partial charge in [-0.15, -0.1) is 0 Å². The number of H-pyrrole nitrogens is 1. The summed E-state index contributed by atoms with van der Waals surface area (Å²) in [6.45, 7) is 0.0448. The van der Waals surface area contributed by atoms with Gasteiger partial charge in [0.15, 0.2) is 17.8 Å². The van der Waals surface area contributed by atoms with Crippen LogP contribution in [0.3, 0.4) is 0 Å². The lowest BCUT2D eigenvalue weighted by Crippen LogP contribution is -2.20. The fraction of sp³-hybridized carbons (Fsp3) is 0.136. The summed E-state index contributed by atoms with van der Waals surface area (Å²) in [6, 6.07) is 12.1. The van der Waals surface area contributed by atoms with E-state index in [-0.39, 0.29) is 42.0 Å². The number of Topliss-reactive ketones (excluding diaryl/α,β-unsaturated/α-hetero) is 1. The van der Waals surface area contributed by atoms with Gasteiger partial charge in [-0.3, -0.25) is 14.4 Å². The van der Waals surface area contributed by atoms with Crippen molar-refractivity contribution in [3.63, 3.8) is 0 Å². The van der Waals surface area contributed by atoms with Crippen LogP contribution < -0.4 is 10.2 Å². The van der Waals surface area contributed by atoms with E-state index in [4.69, 9.17) is 4.74 Å². The Bertz CT molecular complexity index is 1090. The average molecular weight is 397 g/mol. The summed E-state index contributed by atoms with van der Waals surface area (Å²) in [6.07, 6.45) is 1.42. The molecule has 1 heterocycles. The summed E-state index contributed by atoms with van der Waals surface area (Å²) in [7, 11) is 0. The van der Waals surface area contributed by atoms with E-state index in [0.29, 0.717) is 6.29 Å². The highest BCUT2D eigenvalue weighted by Gasteiger charge is 2.18. The van der Waals surface area contributed by atoms with E-state index in [2.05, 4.69) is 4.98 Å². The van der Waals surface area contributed by atoms with Crippen molar-refractivity contribution in [2.45, 2.75) is 19.4 Å². The predicted octanol–water partition coefficient (Wildman–Crippen LogP) is 3.86. The van der Waals surface area contributed by atoms with Crippen molar-refractivity contribution in [1.82, 2.24) is 4.98 Å². The molecule has 0 fully saturated rings. The first kappa shape index (κ1) is 20.1. The summed E-state index contributed by atoms with van der Waals surface area (Å²) >= 11 is 0. The minimum absolute atomic E-state index is 0.0000243. The molecule has 0 aliphatic carbocycles. The number of aromatic amines is 1. The highest BCUT2D eigenvalue weighted by molar-refractivity contribution is 5.96. The highest BCUT2D eigenvalue weighted by Crippen LogP contribution is 2.16. The number of aryl methyl sites for hydroxylation is 1. The zero-order chi connectivity index (χ0) is 20.8. The molecule has 0 aliphatic heterocycles. The van der Waals surface area contributed by atoms with E-state index in [0.717, 1.165) is 23.9 Å². The molecule has 0 atom stereocenters. The smallest absolute Gasteiger partial charge is 0.234 e. The molecule has 29 heavy (non-hydrogen) atoms. The number of rotatable bonds is 8. The SMILES string of the molecule is O=Cc1[nH]cc(C(=O)CCc2ccc(F)cc2F)c(=O)c1OCc1ccccc1. The first-order valence-electron chi connectivity index (χ1n) is 8.84. The quantitative estimate of drug-likeness (QED) is 0.463. The number of ketones is 1. The Kier molecular flexibility index (Phi) is 6.29. The van der Waals surface area contributed by atoms with Crippen molar-refractivity contribution >= 4 is 12.1 Å². The van der Waals surface area contributed by atoms with Crippen molar-refractivity contribution in [3.05, 3.63) is 99.0 Å². The van der Waals surface area contributed by atoms with Gasteiger partial charge in [-0.2, -0.15) is 0 Å².